The van der Waals surface area contributed by atoms with E-state index in [2.05, 4.69) is 62.5 Å². The number of hydrogen-bond donors (Lipinski definition) is 2. The number of ether oxygens (including phenoxy) is 2. The van der Waals surface area contributed by atoms with E-state index in [-0.39, 0.29) is 32.3 Å². The van der Waals surface area contributed by atoms with Crippen molar-refractivity contribution in [3.8, 4) is 0 Å². The summed E-state index contributed by atoms with van der Waals surface area (Å²) in [6.07, 6.45) is 62.9. The van der Waals surface area contributed by atoms with Gasteiger partial charge >= 0.3 is 13.8 Å². The largest absolute Gasteiger partial charge is 0.472 e. The van der Waals surface area contributed by atoms with Crippen molar-refractivity contribution in [1.82, 2.24) is 0 Å². The maximum atomic E-state index is 12.7. The number of unbranched alkanes of at least 4 members (excludes halogenated alkanes) is 30. The van der Waals surface area contributed by atoms with Crippen LogP contribution in [-0.4, -0.2) is 49.9 Å². The third kappa shape index (κ3) is 51.3. The molecular formula is C54H102NO7P. The van der Waals surface area contributed by atoms with Gasteiger partial charge in [0.15, 0.2) is 0 Å². The molecule has 0 amide bonds. The molecule has 2 unspecified atom stereocenters. The van der Waals surface area contributed by atoms with E-state index in [1.807, 2.05) is 0 Å². The molecule has 0 aromatic heterocycles. The maximum Gasteiger partial charge on any atom is 0.472 e. The highest BCUT2D eigenvalue weighted by Gasteiger charge is 2.25. The summed E-state index contributed by atoms with van der Waals surface area (Å²) in [5.74, 6) is -0.328. The zero-order chi connectivity index (χ0) is 45.8. The quantitative estimate of drug-likeness (QED) is 0.0268. The number of allylic oxidation sites excluding steroid dienone is 8. The lowest BCUT2D eigenvalue weighted by Crippen LogP contribution is -2.28. The second kappa shape index (κ2) is 51.4. The van der Waals surface area contributed by atoms with Crippen LogP contribution in [0.25, 0.3) is 0 Å². The van der Waals surface area contributed by atoms with Crippen LogP contribution in [0, 0.1) is 0 Å². The van der Waals surface area contributed by atoms with Crippen LogP contribution in [0.4, 0.5) is 0 Å². The summed E-state index contributed by atoms with van der Waals surface area (Å²) >= 11 is 0. The Kier molecular flexibility index (Phi) is 50.2. The lowest BCUT2D eigenvalue weighted by Gasteiger charge is -2.20. The summed E-state index contributed by atoms with van der Waals surface area (Å²) < 4.78 is 33.6. The summed E-state index contributed by atoms with van der Waals surface area (Å²) in [5, 5.41) is 0. The van der Waals surface area contributed by atoms with Gasteiger partial charge in [0.2, 0.25) is 0 Å². The minimum Gasteiger partial charge on any atom is -0.457 e. The van der Waals surface area contributed by atoms with Gasteiger partial charge in [-0.15, -0.1) is 0 Å². The van der Waals surface area contributed by atoms with Crippen molar-refractivity contribution in [2.45, 2.75) is 258 Å². The van der Waals surface area contributed by atoms with Crippen LogP contribution < -0.4 is 5.73 Å². The third-order valence-corrected chi connectivity index (χ3v) is 12.5. The lowest BCUT2D eigenvalue weighted by atomic mass is 10.0. The Balaban J connectivity index is 3.91. The molecule has 0 heterocycles. The second-order valence-corrected chi connectivity index (χ2v) is 19.2. The van der Waals surface area contributed by atoms with Gasteiger partial charge in [0.1, 0.15) is 6.10 Å². The molecule has 9 heteroatoms. The van der Waals surface area contributed by atoms with E-state index in [1.54, 1.807) is 0 Å². The minimum absolute atomic E-state index is 0.0963. The Morgan fingerprint density at radius 1 is 0.492 bits per heavy atom. The fraction of sp³-hybridized carbons (Fsp3) is 0.833. The first-order chi connectivity index (χ1) is 30.9. The van der Waals surface area contributed by atoms with Crippen molar-refractivity contribution in [1.29, 1.82) is 0 Å². The third-order valence-electron chi connectivity index (χ3n) is 11.5. The summed E-state index contributed by atoms with van der Waals surface area (Å²) in [7, 11) is -4.29. The first-order valence-electron chi connectivity index (χ1n) is 26.6. The van der Waals surface area contributed by atoms with Crippen molar-refractivity contribution in [3.63, 3.8) is 0 Å². The normalized spacial score (nSPS) is 13.7. The molecule has 0 saturated heterocycles. The number of esters is 1. The molecule has 0 radical (unpaired) electrons. The van der Waals surface area contributed by atoms with Crippen LogP contribution in [0.15, 0.2) is 48.6 Å². The number of hydrogen-bond acceptors (Lipinski definition) is 7. The first kappa shape index (κ1) is 61.5. The Labute approximate surface area is 390 Å². The SMILES string of the molecule is CC/C=C\C/C=C\C/C=C\C/C=C\CCCCCCCCCCCOCC(COP(=O)(O)OCCN)OC(=O)CCCCCCCCCCCCCCCCCCCCCCCC. The first-order valence-corrected chi connectivity index (χ1v) is 28.1. The van der Waals surface area contributed by atoms with E-state index in [1.165, 1.54) is 173 Å². The smallest absolute Gasteiger partial charge is 0.457 e. The predicted molar refractivity (Wildman–Crippen MR) is 270 cm³/mol. The van der Waals surface area contributed by atoms with Crippen LogP contribution in [0.1, 0.15) is 251 Å². The van der Waals surface area contributed by atoms with Gasteiger partial charge in [-0.1, -0.05) is 242 Å². The van der Waals surface area contributed by atoms with Gasteiger partial charge in [0.25, 0.3) is 0 Å². The lowest BCUT2D eigenvalue weighted by molar-refractivity contribution is -0.154. The number of phosphoric acid groups is 1. The number of rotatable bonds is 51. The van der Waals surface area contributed by atoms with Gasteiger partial charge in [-0.05, 0) is 51.4 Å². The molecule has 0 aromatic rings. The van der Waals surface area contributed by atoms with Crippen LogP contribution in [0.5, 0.6) is 0 Å². The maximum absolute atomic E-state index is 12.7. The van der Waals surface area contributed by atoms with Crippen LogP contribution in [0.2, 0.25) is 0 Å². The zero-order valence-electron chi connectivity index (χ0n) is 41.3. The Bertz CT molecular complexity index is 1110. The van der Waals surface area contributed by atoms with Gasteiger partial charge in [-0.2, -0.15) is 0 Å². The van der Waals surface area contributed by atoms with Gasteiger partial charge in [0, 0.05) is 19.6 Å². The number of carbonyl (C=O) groups excluding carboxylic acids is 1. The molecule has 8 nitrogen and oxygen atoms in total. The van der Waals surface area contributed by atoms with Crippen molar-refractivity contribution >= 4 is 13.8 Å². The molecule has 0 spiro atoms. The van der Waals surface area contributed by atoms with Gasteiger partial charge < -0.3 is 20.1 Å². The highest BCUT2D eigenvalue weighted by atomic mass is 31.2. The topological polar surface area (TPSA) is 117 Å². The van der Waals surface area contributed by atoms with E-state index < -0.39 is 13.9 Å². The molecule has 0 aliphatic carbocycles. The summed E-state index contributed by atoms with van der Waals surface area (Å²) in [6, 6.07) is 0. The van der Waals surface area contributed by atoms with Gasteiger partial charge in [-0.25, -0.2) is 4.57 Å². The minimum atomic E-state index is -4.29. The van der Waals surface area contributed by atoms with E-state index in [0.29, 0.717) is 13.0 Å². The predicted octanol–water partition coefficient (Wildman–Crippen LogP) is 16.7. The van der Waals surface area contributed by atoms with Gasteiger partial charge in [-0.3, -0.25) is 13.8 Å². The molecule has 63 heavy (non-hydrogen) atoms. The molecule has 0 aliphatic heterocycles. The average molecular weight is 908 g/mol. The van der Waals surface area contributed by atoms with E-state index in [4.69, 9.17) is 24.3 Å². The Morgan fingerprint density at radius 3 is 1.33 bits per heavy atom. The molecule has 3 N–H and O–H groups in total. The van der Waals surface area contributed by atoms with E-state index >= 15 is 0 Å². The molecule has 0 rings (SSSR count). The highest BCUT2D eigenvalue weighted by molar-refractivity contribution is 7.47. The second-order valence-electron chi connectivity index (χ2n) is 17.7. The number of phosphoric ester groups is 1. The van der Waals surface area contributed by atoms with E-state index in [9.17, 15) is 14.3 Å². The Hall–Kier alpha value is -1.54. The highest BCUT2D eigenvalue weighted by Crippen LogP contribution is 2.43. The van der Waals surface area contributed by atoms with Crippen molar-refractivity contribution in [2.75, 3.05) is 33.0 Å². The number of carbonyl (C=O) groups is 1. The standard InChI is InChI=1S/C54H102NO7P/c1-3-5-7-9-11-13-15-17-19-21-23-25-27-29-31-33-35-37-39-41-43-45-47-54(56)62-53(52-61-63(57,58)60-50-48-55)51-59-49-46-44-42-40-38-36-34-32-30-28-26-24-22-20-18-16-14-12-10-8-6-4-2/h6,8,12,14,18,20,24,26,53H,3-5,7,9-11,13,15-17,19,21-23,25,27-52,55H2,1-2H3,(H,57,58)/b8-6-,14-12-,20-18-,26-24-. The number of nitrogens with two attached hydrogens (primary N) is 1. The molecule has 0 aromatic carbocycles. The molecule has 2 atom stereocenters. The fourth-order valence-electron chi connectivity index (χ4n) is 7.64. The monoisotopic (exact) mass is 908 g/mol. The summed E-state index contributed by atoms with van der Waals surface area (Å²) in [6.45, 7) is 4.84. The molecular weight excluding hydrogens is 806 g/mol. The van der Waals surface area contributed by atoms with Crippen molar-refractivity contribution in [3.05, 3.63) is 48.6 Å². The summed E-state index contributed by atoms with van der Waals surface area (Å²) in [5.41, 5.74) is 5.39. The van der Waals surface area contributed by atoms with E-state index in [0.717, 1.165) is 57.8 Å². The molecule has 0 saturated carbocycles. The average Bonchev–Trinajstić information content (AvgIpc) is 3.28. The molecule has 0 bridgehead atoms. The van der Waals surface area contributed by atoms with Crippen molar-refractivity contribution < 1.29 is 32.8 Å². The van der Waals surface area contributed by atoms with Crippen LogP contribution in [0.3, 0.4) is 0 Å². The molecule has 0 aliphatic rings. The fourth-order valence-corrected chi connectivity index (χ4v) is 8.40. The van der Waals surface area contributed by atoms with Crippen LogP contribution in [-0.2, 0) is 27.9 Å². The Morgan fingerprint density at radius 2 is 0.889 bits per heavy atom. The van der Waals surface area contributed by atoms with Crippen molar-refractivity contribution in [2.24, 2.45) is 5.73 Å². The zero-order valence-corrected chi connectivity index (χ0v) is 42.2. The summed E-state index contributed by atoms with van der Waals surface area (Å²) in [4.78, 5) is 22.6. The van der Waals surface area contributed by atoms with Gasteiger partial charge in [0.05, 0.1) is 19.8 Å². The van der Waals surface area contributed by atoms with Crippen LogP contribution >= 0.6 is 7.82 Å². The molecule has 370 valence electrons. The molecule has 0 fully saturated rings.